The summed E-state index contributed by atoms with van der Waals surface area (Å²) < 4.78 is 31.8. The highest BCUT2D eigenvalue weighted by Crippen LogP contribution is 2.31. The zero-order chi connectivity index (χ0) is 22.7. The second-order valence-electron chi connectivity index (χ2n) is 6.31. The molecule has 0 saturated heterocycles. The van der Waals surface area contributed by atoms with E-state index in [9.17, 15) is 13.6 Å². The molecule has 0 bridgehead atoms. The lowest BCUT2D eigenvalue weighted by Gasteiger charge is -2.05. The van der Waals surface area contributed by atoms with Gasteiger partial charge in [-0.15, -0.1) is 16.4 Å². The first-order valence-electron chi connectivity index (χ1n) is 9.03. The number of rotatable bonds is 7. The molecule has 0 fully saturated rings. The standard InChI is InChI=1S/C20H14ClF2N5O2S2/c1-30-16-5-3-11(21)7-12(16)18-26-20(28-27-18)32-9-17(29)25-19-24-15(8-31-19)10-2-4-13(22)14(23)6-10/h2-8H,9H2,1H3,(H,24,25,29)(H,26,27,28). The molecule has 2 heterocycles. The number of H-pyrrole nitrogens is 1. The van der Waals surface area contributed by atoms with Crippen molar-refractivity contribution in [3.63, 3.8) is 0 Å². The Kier molecular flexibility index (Phi) is 6.68. The average Bonchev–Trinajstić information content (AvgIpc) is 3.44. The van der Waals surface area contributed by atoms with Crippen molar-refractivity contribution in [2.24, 2.45) is 0 Å². The molecule has 2 aromatic carbocycles. The number of carbonyl (C=O) groups excluding carboxylic acids is 1. The molecule has 4 aromatic rings. The van der Waals surface area contributed by atoms with Gasteiger partial charge in [0.05, 0.1) is 24.1 Å². The summed E-state index contributed by atoms with van der Waals surface area (Å²) in [6.07, 6.45) is 0. The summed E-state index contributed by atoms with van der Waals surface area (Å²) in [6.45, 7) is 0. The minimum atomic E-state index is -0.959. The van der Waals surface area contributed by atoms with Crippen LogP contribution in [0.1, 0.15) is 0 Å². The quantitative estimate of drug-likeness (QED) is 0.341. The summed E-state index contributed by atoms with van der Waals surface area (Å²) >= 11 is 8.36. The topological polar surface area (TPSA) is 92.8 Å². The van der Waals surface area contributed by atoms with E-state index >= 15 is 0 Å². The van der Waals surface area contributed by atoms with Crippen LogP contribution in [0.25, 0.3) is 22.6 Å². The number of thiazole rings is 1. The Labute approximate surface area is 194 Å². The number of nitrogens with zero attached hydrogens (tertiary/aromatic N) is 3. The molecule has 2 N–H and O–H groups in total. The van der Waals surface area contributed by atoms with E-state index in [0.29, 0.717) is 43.7 Å². The molecule has 0 radical (unpaired) electrons. The molecule has 164 valence electrons. The normalized spacial score (nSPS) is 10.9. The lowest BCUT2D eigenvalue weighted by Crippen LogP contribution is -2.13. The van der Waals surface area contributed by atoms with E-state index in [4.69, 9.17) is 16.3 Å². The number of amides is 1. The first-order valence-corrected chi connectivity index (χ1v) is 11.3. The van der Waals surface area contributed by atoms with Crippen molar-refractivity contribution in [2.45, 2.75) is 5.16 Å². The molecule has 1 amide bonds. The maximum Gasteiger partial charge on any atom is 0.236 e. The maximum atomic E-state index is 13.4. The van der Waals surface area contributed by atoms with Crippen LogP contribution in [-0.2, 0) is 4.79 Å². The third-order valence-corrected chi connectivity index (χ3v) is 6.02. The molecule has 0 unspecified atom stereocenters. The molecular weight excluding hydrogens is 480 g/mol. The third kappa shape index (κ3) is 5.06. The first-order chi connectivity index (χ1) is 15.4. The number of methoxy groups -OCH3 is 1. The number of anilines is 1. The van der Waals surface area contributed by atoms with Gasteiger partial charge in [-0.2, -0.15) is 0 Å². The number of aromatic nitrogens is 4. The van der Waals surface area contributed by atoms with Gasteiger partial charge in [0.2, 0.25) is 11.1 Å². The number of hydrogen-bond acceptors (Lipinski definition) is 7. The monoisotopic (exact) mass is 493 g/mol. The number of benzene rings is 2. The van der Waals surface area contributed by atoms with Crippen molar-refractivity contribution >= 4 is 45.7 Å². The third-order valence-electron chi connectivity index (χ3n) is 4.18. The Morgan fingerprint density at radius 1 is 1.22 bits per heavy atom. The van der Waals surface area contributed by atoms with Crippen LogP contribution in [0, 0.1) is 11.6 Å². The minimum Gasteiger partial charge on any atom is -0.496 e. The Hall–Kier alpha value is -3.02. The number of hydrogen-bond donors (Lipinski definition) is 2. The van der Waals surface area contributed by atoms with Crippen LogP contribution in [0.15, 0.2) is 46.9 Å². The maximum absolute atomic E-state index is 13.4. The Bertz CT molecular complexity index is 1280. The fourth-order valence-corrected chi connectivity index (χ4v) is 4.21. The summed E-state index contributed by atoms with van der Waals surface area (Å²) in [5, 5.41) is 12.5. The SMILES string of the molecule is COc1ccc(Cl)cc1-c1nc(SCC(=O)Nc2nc(-c3ccc(F)c(F)c3)cs2)n[nH]1. The molecule has 4 rings (SSSR count). The molecule has 0 aliphatic heterocycles. The van der Waals surface area contributed by atoms with Gasteiger partial charge in [-0.1, -0.05) is 23.4 Å². The van der Waals surface area contributed by atoms with Crippen LogP contribution in [0.4, 0.5) is 13.9 Å². The summed E-state index contributed by atoms with van der Waals surface area (Å²) in [5.41, 5.74) is 1.50. The van der Waals surface area contributed by atoms with E-state index in [-0.39, 0.29) is 11.7 Å². The van der Waals surface area contributed by atoms with Crippen LogP contribution in [0.2, 0.25) is 5.02 Å². The fourth-order valence-electron chi connectivity index (χ4n) is 2.70. The summed E-state index contributed by atoms with van der Waals surface area (Å²) in [5.74, 6) is -1.11. The van der Waals surface area contributed by atoms with Gasteiger partial charge in [0.15, 0.2) is 22.6 Å². The minimum absolute atomic E-state index is 0.0457. The van der Waals surface area contributed by atoms with E-state index in [2.05, 4.69) is 25.5 Å². The van der Waals surface area contributed by atoms with Gasteiger partial charge >= 0.3 is 0 Å². The zero-order valence-corrected chi connectivity index (χ0v) is 18.7. The van der Waals surface area contributed by atoms with Crippen molar-refractivity contribution in [1.29, 1.82) is 0 Å². The Morgan fingerprint density at radius 3 is 2.84 bits per heavy atom. The summed E-state index contributed by atoms with van der Waals surface area (Å²) in [6, 6.07) is 8.64. The van der Waals surface area contributed by atoms with Gasteiger partial charge in [-0.3, -0.25) is 9.89 Å². The van der Waals surface area contributed by atoms with E-state index in [1.807, 2.05) is 0 Å². The van der Waals surface area contributed by atoms with Gasteiger partial charge in [-0.05, 0) is 36.4 Å². The molecular formula is C20H14ClF2N5O2S2. The molecule has 7 nitrogen and oxygen atoms in total. The van der Waals surface area contributed by atoms with E-state index < -0.39 is 11.6 Å². The molecule has 12 heteroatoms. The van der Waals surface area contributed by atoms with Gasteiger partial charge in [0, 0.05) is 16.0 Å². The van der Waals surface area contributed by atoms with Crippen molar-refractivity contribution in [2.75, 3.05) is 18.2 Å². The average molecular weight is 494 g/mol. The van der Waals surface area contributed by atoms with Gasteiger partial charge in [-0.25, -0.2) is 18.7 Å². The fraction of sp³-hybridized carbons (Fsp3) is 0.100. The van der Waals surface area contributed by atoms with Crippen molar-refractivity contribution in [3.8, 4) is 28.4 Å². The highest BCUT2D eigenvalue weighted by Gasteiger charge is 2.14. The number of halogens is 3. The number of aromatic amines is 1. The lowest BCUT2D eigenvalue weighted by atomic mass is 10.2. The van der Waals surface area contributed by atoms with Crippen molar-refractivity contribution < 1.29 is 18.3 Å². The predicted molar refractivity (Wildman–Crippen MR) is 120 cm³/mol. The number of nitrogens with one attached hydrogen (secondary N) is 2. The van der Waals surface area contributed by atoms with Crippen molar-refractivity contribution in [3.05, 3.63) is 58.4 Å². The van der Waals surface area contributed by atoms with E-state index in [1.54, 1.807) is 30.7 Å². The molecule has 0 saturated carbocycles. The first kappa shape index (κ1) is 22.2. The highest BCUT2D eigenvalue weighted by atomic mass is 35.5. The second kappa shape index (κ2) is 9.63. The Morgan fingerprint density at radius 2 is 2.06 bits per heavy atom. The number of carbonyl (C=O) groups is 1. The molecule has 0 aliphatic carbocycles. The van der Waals surface area contributed by atoms with Crippen LogP contribution < -0.4 is 10.1 Å². The molecule has 0 atom stereocenters. The van der Waals surface area contributed by atoms with Crippen LogP contribution in [0.3, 0.4) is 0 Å². The zero-order valence-electron chi connectivity index (χ0n) is 16.4. The van der Waals surface area contributed by atoms with E-state index in [1.165, 1.54) is 17.4 Å². The number of thioether (sulfide) groups is 1. The molecule has 32 heavy (non-hydrogen) atoms. The van der Waals surface area contributed by atoms with E-state index in [0.717, 1.165) is 23.9 Å². The largest absolute Gasteiger partial charge is 0.496 e. The van der Waals surface area contributed by atoms with Crippen LogP contribution >= 0.6 is 34.7 Å². The summed E-state index contributed by atoms with van der Waals surface area (Å²) in [4.78, 5) is 20.9. The van der Waals surface area contributed by atoms with Gasteiger partial charge < -0.3 is 10.1 Å². The van der Waals surface area contributed by atoms with Crippen LogP contribution in [0.5, 0.6) is 5.75 Å². The second-order valence-corrected chi connectivity index (χ2v) is 8.55. The van der Waals surface area contributed by atoms with Gasteiger partial charge in [0.1, 0.15) is 5.75 Å². The van der Waals surface area contributed by atoms with Crippen LogP contribution in [-0.4, -0.2) is 38.9 Å². The summed E-state index contributed by atoms with van der Waals surface area (Å²) in [7, 11) is 1.54. The Balaban J connectivity index is 1.37. The van der Waals surface area contributed by atoms with Gasteiger partial charge in [0.25, 0.3) is 0 Å². The molecule has 0 spiro atoms. The molecule has 2 aromatic heterocycles. The highest BCUT2D eigenvalue weighted by molar-refractivity contribution is 7.99. The molecule has 0 aliphatic rings. The predicted octanol–water partition coefficient (Wildman–Crippen LogP) is 5.27. The van der Waals surface area contributed by atoms with Crippen molar-refractivity contribution in [1.82, 2.24) is 20.2 Å². The lowest BCUT2D eigenvalue weighted by molar-refractivity contribution is -0.113. The number of ether oxygens (including phenoxy) is 1. The smallest absolute Gasteiger partial charge is 0.236 e.